The van der Waals surface area contributed by atoms with E-state index < -0.39 is 0 Å². The summed E-state index contributed by atoms with van der Waals surface area (Å²) in [6.45, 7) is 0. The number of carbonyl (C=O) groups excluding carboxylic acids is 1. The third-order valence-corrected chi connectivity index (χ3v) is 2.78. The molecule has 2 aromatic rings. The van der Waals surface area contributed by atoms with Crippen LogP contribution in [0.4, 0.5) is 5.95 Å². The van der Waals surface area contributed by atoms with Gasteiger partial charge in [-0.1, -0.05) is 29.3 Å². The van der Waals surface area contributed by atoms with Gasteiger partial charge in [-0.05, 0) is 17.7 Å². The standard InChI is InChI=1S/C10H8Cl2N4O/c11-7-2-1-3-8(12)6(7)4-9(17)15-10-13-5-14-16-10/h1-3,5H,4H2,(H2,13,14,15,16,17). The van der Waals surface area contributed by atoms with Gasteiger partial charge in [0.2, 0.25) is 11.9 Å². The van der Waals surface area contributed by atoms with E-state index in [1.165, 1.54) is 6.33 Å². The van der Waals surface area contributed by atoms with Crippen molar-refractivity contribution >= 4 is 35.1 Å². The summed E-state index contributed by atoms with van der Waals surface area (Å²) in [6, 6.07) is 5.09. The van der Waals surface area contributed by atoms with Crippen molar-refractivity contribution in [2.45, 2.75) is 6.42 Å². The molecule has 5 nitrogen and oxygen atoms in total. The predicted molar refractivity (Wildman–Crippen MR) is 65.2 cm³/mol. The fourth-order valence-electron chi connectivity index (χ4n) is 1.30. The first-order valence-corrected chi connectivity index (χ1v) is 5.50. The number of nitrogens with zero attached hydrogens (tertiary/aromatic N) is 2. The van der Waals surface area contributed by atoms with Crippen molar-refractivity contribution < 1.29 is 4.79 Å². The Bertz CT molecular complexity index is 507. The van der Waals surface area contributed by atoms with Crippen LogP contribution in [-0.2, 0) is 11.2 Å². The quantitative estimate of drug-likeness (QED) is 0.899. The lowest BCUT2D eigenvalue weighted by molar-refractivity contribution is -0.115. The maximum absolute atomic E-state index is 11.7. The van der Waals surface area contributed by atoms with Gasteiger partial charge in [0.05, 0.1) is 6.42 Å². The molecule has 0 bridgehead atoms. The number of anilines is 1. The maximum atomic E-state index is 11.7. The first kappa shape index (κ1) is 11.9. The molecule has 0 radical (unpaired) electrons. The van der Waals surface area contributed by atoms with Crippen LogP contribution in [0.2, 0.25) is 10.0 Å². The van der Waals surface area contributed by atoms with Crippen LogP contribution in [0, 0.1) is 0 Å². The van der Waals surface area contributed by atoms with Crippen molar-refractivity contribution in [2.24, 2.45) is 0 Å². The number of hydrogen-bond donors (Lipinski definition) is 2. The third kappa shape index (κ3) is 2.95. The van der Waals surface area contributed by atoms with Gasteiger partial charge in [0, 0.05) is 10.0 Å². The number of amides is 1. The van der Waals surface area contributed by atoms with Crippen molar-refractivity contribution in [3.05, 3.63) is 40.1 Å². The van der Waals surface area contributed by atoms with Crippen molar-refractivity contribution in [1.82, 2.24) is 15.2 Å². The molecule has 2 N–H and O–H groups in total. The van der Waals surface area contributed by atoms with E-state index in [9.17, 15) is 4.79 Å². The van der Waals surface area contributed by atoms with Gasteiger partial charge in [-0.2, -0.15) is 10.1 Å². The molecule has 0 spiro atoms. The summed E-state index contributed by atoms with van der Waals surface area (Å²) in [7, 11) is 0. The van der Waals surface area contributed by atoms with Gasteiger partial charge in [0.15, 0.2) is 0 Å². The molecule has 1 heterocycles. The summed E-state index contributed by atoms with van der Waals surface area (Å²) in [5.74, 6) is 0.0231. The Labute approximate surface area is 107 Å². The van der Waals surface area contributed by atoms with E-state index in [0.29, 0.717) is 15.6 Å². The molecule has 0 unspecified atom stereocenters. The highest BCUT2D eigenvalue weighted by molar-refractivity contribution is 6.36. The maximum Gasteiger partial charge on any atom is 0.231 e. The van der Waals surface area contributed by atoms with Crippen molar-refractivity contribution in [1.29, 1.82) is 0 Å². The largest absolute Gasteiger partial charge is 0.295 e. The molecular weight excluding hydrogens is 263 g/mol. The van der Waals surface area contributed by atoms with Gasteiger partial charge in [0.1, 0.15) is 6.33 Å². The van der Waals surface area contributed by atoms with Gasteiger partial charge in [-0.15, -0.1) is 0 Å². The molecule has 1 aromatic heterocycles. The lowest BCUT2D eigenvalue weighted by Gasteiger charge is -2.06. The zero-order valence-corrected chi connectivity index (χ0v) is 10.1. The van der Waals surface area contributed by atoms with E-state index in [1.807, 2.05) is 0 Å². The van der Waals surface area contributed by atoms with Crippen LogP contribution in [0.3, 0.4) is 0 Å². The van der Waals surface area contributed by atoms with Crippen LogP contribution in [0.25, 0.3) is 0 Å². The van der Waals surface area contributed by atoms with Crippen molar-refractivity contribution in [3.8, 4) is 0 Å². The molecule has 0 fully saturated rings. The molecule has 0 saturated carbocycles. The normalized spacial score (nSPS) is 10.2. The Balaban J connectivity index is 2.08. The van der Waals surface area contributed by atoms with E-state index >= 15 is 0 Å². The summed E-state index contributed by atoms with van der Waals surface area (Å²) < 4.78 is 0. The average Bonchev–Trinajstić information content (AvgIpc) is 2.76. The van der Waals surface area contributed by atoms with Gasteiger partial charge in [0.25, 0.3) is 0 Å². The van der Waals surface area contributed by atoms with E-state index in [-0.39, 0.29) is 18.3 Å². The number of H-pyrrole nitrogens is 1. The number of aromatic amines is 1. The Morgan fingerprint density at radius 1 is 1.35 bits per heavy atom. The highest BCUT2D eigenvalue weighted by Gasteiger charge is 2.11. The molecule has 7 heteroatoms. The van der Waals surface area contributed by atoms with E-state index in [4.69, 9.17) is 23.2 Å². The summed E-state index contributed by atoms with van der Waals surface area (Å²) in [5.41, 5.74) is 0.591. The van der Waals surface area contributed by atoms with E-state index in [1.54, 1.807) is 18.2 Å². The minimum Gasteiger partial charge on any atom is -0.295 e. The van der Waals surface area contributed by atoms with E-state index in [2.05, 4.69) is 20.5 Å². The number of carbonyl (C=O) groups is 1. The molecular formula is C10H8Cl2N4O. The molecule has 0 aliphatic heterocycles. The van der Waals surface area contributed by atoms with Crippen LogP contribution < -0.4 is 5.32 Å². The fourth-order valence-corrected chi connectivity index (χ4v) is 1.83. The summed E-state index contributed by atoms with van der Waals surface area (Å²) in [6.07, 6.45) is 1.39. The Hall–Kier alpha value is -1.59. The van der Waals surface area contributed by atoms with Crippen molar-refractivity contribution in [3.63, 3.8) is 0 Å². The smallest absolute Gasteiger partial charge is 0.231 e. The van der Waals surface area contributed by atoms with Crippen molar-refractivity contribution in [2.75, 3.05) is 5.32 Å². The molecule has 0 atom stereocenters. The second-order valence-corrected chi connectivity index (χ2v) is 4.07. The molecule has 0 saturated heterocycles. The molecule has 88 valence electrons. The van der Waals surface area contributed by atoms with Crippen LogP contribution in [-0.4, -0.2) is 21.1 Å². The number of aromatic nitrogens is 3. The monoisotopic (exact) mass is 270 g/mol. The topological polar surface area (TPSA) is 70.7 Å². The zero-order chi connectivity index (χ0) is 12.3. The molecule has 2 rings (SSSR count). The van der Waals surface area contributed by atoms with E-state index in [0.717, 1.165) is 0 Å². The molecule has 17 heavy (non-hydrogen) atoms. The van der Waals surface area contributed by atoms with Gasteiger partial charge in [-0.3, -0.25) is 10.1 Å². The molecule has 0 aliphatic rings. The van der Waals surface area contributed by atoms with Gasteiger partial charge >= 0.3 is 0 Å². The number of hydrogen-bond acceptors (Lipinski definition) is 3. The second kappa shape index (κ2) is 5.16. The molecule has 1 aromatic carbocycles. The average molecular weight is 271 g/mol. The van der Waals surface area contributed by atoms with Crippen LogP contribution >= 0.6 is 23.2 Å². The van der Waals surface area contributed by atoms with Crippen LogP contribution in [0.1, 0.15) is 5.56 Å². The Kier molecular flexibility index (Phi) is 3.61. The highest BCUT2D eigenvalue weighted by Crippen LogP contribution is 2.24. The number of benzene rings is 1. The number of nitrogens with one attached hydrogen (secondary N) is 2. The lowest BCUT2D eigenvalue weighted by Crippen LogP contribution is -2.15. The Morgan fingerprint density at radius 2 is 2.06 bits per heavy atom. The first-order chi connectivity index (χ1) is 8.16. The summed E-state index contributed by atoms with van der Waals surface area (Å²) in [5, 5.41) is 9.60. The number of halogens is 2. The molecule has 1 amide bonds. The predicted octanol–water partition coefficient (Wildman–Crippen LogP) is 2.29. The van der Waals surface area contributed by atoms with Gasteiger partial charge < -0.3 is 0 Å². The Morgan fingerprint density at radius 3 is 2.65 bits per heavy atom. The first-order valence-electron chi connectivity index (χ1n) is 4.75. The highest BCUT2D eigenvalue weighted by atomic mass is 35.5. The van der Waals surface area contributed by atoms with Gasteiger partial charge in [-0.25, -0.2) is 5.10 Å². The summed E-state index contributed by atoms with van der Waals surface area (Å²) >= 11 is 11.9. The SMILES string of the molecule is O=C(Cc1c(Cl)cccc1Cl)Nc1ncn[nH]1. The number of rotatable bonds is 3. The summed E-state index contributed by atoms with van der Waals surface area (Å²) in [4.78, 5) is 15.4. The lowest BCUT2D eigenvalue weighted by atomic mass is 10.1. The molecule has 0 aliphatic carbocycles. The third-order valence-electron chi connectivity index (χ3n) is 2.07. The van der Waals surface area contributed by atoms with Crippen LogP contribution in [0.15, 0.2) is 24.5 Å². The second-order valence-electron chi connectivity index (χ2n) is 3.26. The van der Waals surface area contributed by atoms with Crippen LogP contribution in [0.5, 0.6) is 0 Å². The minimum absolute atomic E-state index is 0.0825. The fraction of sp³-hybridized carbons (Fsp3) is 0.100. The minimum atomic E-state index is -0.267. The zero-order valence-electron chi connectivity index (χ0n) is 8.58.